The number of hydrogen-bond acceptors (Lipinski definition) is 2. The summed E-state index contributed by atoms with van der Waals surface area (Å²) < 4.78 is 6.73. The standard InChI is InChI=1S/C17H17BrO2/c1-11-6-12(2)8-14(7-11)10-20-17-9-15(18)4-5-16(17)13(3)19/h4-9H,10H2,1-3H3. The molecular formula is C17H17BrO2. The second-order valence-corrected chi connectivity index (χ2v) is 5.90. The zero-order valence-corrected chi connectivity index (χ0v) is 13.5. The van der Waals surface area contributed by atoms with Crippen molar-refractivity contribution in [2.45, 2.75) is 27.4 Å². The lowest BCUT2D eigenvalue weighted by atomic mass is 10.1. The van der Waals surface area contributed by atoms with Gasteiger partial charge in [-0.05, 0) is 44.5 Å². The molecule has 0 radical (unpaired) electrons. The summed E-state index contributed by atoms with van der Waals surface area (Å²) in [5.74, 6) is 0.624. The molecule has 3 heteroatoms. The van der Waals surface area contributed by atoms with Crippen molar-refractivity contribution < 1.29 is 9.53 Å². The van der Waals surface area contributed by atoms with Crippen LogP contribution in [0.4, 0.5) is 0 Å². The predicted octanol–water partition coefficient (Wildman–Crippen LogP) is 4.85. The lowest BCUT2D eigenvalue weighted by Crippen LogP contribution is -2.02. The van der Waals surface area contributed by atoms with Crippen molar-refractivity contribution >= 4 is 21.7 Å². The molecule has 2 aromatic rings. The van der Waals surface area contributed by atoms with E-state index in [2.05, 4.69) is 48.0 Å². The Kier molecular flexibility index (Phi) is 4.61. The van der Waals surface area contributed by atoms with Gasteiger partial charge in [0, 0.05) is 4.47 Å². The van der Waals surface area contributed by atoms with Gasteiger partial charge in [-0.25, -0.2) is 0 Å². The number of rotatable bonds is 4. The van der Waals surface area contributed by atoms with Crippen LogP contribution >= 0.6 is 15.9 Å². The third kappa shape index (κ3) is 3.70. The molecule has 0 aromatic heterocycles. The van der Waals surface area contributed by atoms with Gasteiger partial charge in [-0.3, -0.25) is 4.79 Å². The van der Waals surface area contributed by atoms with E-state index in [9.17, 15) is 4.79 Å². The maximum Gasteiger partial charge on any atom is 0.163 e. The SMILES string of the molecule is CC(=O)c1ccc(Br)cc1OCc1cc(C)cc(C)c1. The number of ketones is 1. The molecule has 0 unspecified atom stereocenters. The van der Waals surface area contributed by atoms with E-state index in [1.807, 2.05) is 12.1 Å². The Labute approximate surface area is 127 Å². The molecular weight excluding hydrogens is 316 g/mol. The van der Waals surface area contributed by atoms with Gasteiger partial charge in [-0.2, -0.15) is 0 Å². The predicted molar refractivity (Wildman–Crippen MR) is 84.4 cm³/mol. The number of Topliss-reactive ketones (excluding diaryl/α,β-unsaturated/α-hetero) is 1. The third-order valence-electron chi connectivity index (χ3n) is 3.00. The van der Waals surface area contributed by atoms with Gasteiger partial charge in [0.1, 0.15) is 12.4 Å². The molecule has 0 atom stereocenters. The van der Waals surface area contributed by atoms with Crippen LogP contribution in [-0.4, -0.2) is 5.78 Å². The van der Waals surface area contributed by atoms with Crippen molar-refractivity contribution in [1.29, 1.82) is 0 Å². The van der Waals surface area contributed by atoms with Crippen molar-refractivity contribution in [3.8, 4) is 5.75 Å². The van der Waals surface area contributed by atoms with Gasteiger partial charge in [-0.1, -0.05) is 45.3 Å². The smallest absolute Gasteiger partial charge is 0.163 e. The fourth-order valence-electron chi connectivity index (χ4n) is 2.22. The first-order valence-corrected chi connectivity index (χ1v) is 7.25. The largest absolute Gasteiger partial charge is 0.488 e. The summed E-state index contributed by atoms with van der Waals surface area (Å²) in [4.78, 5) is 11.6. The number of benzene rings is 2. The summed E-state index contributed by atoms with van der Waals surface area (Å²) in [6.45, 7) is 6.14. The molecule has 2 rings (SSSR count). The van der Waals surface area contributed by atoms with Crippen molar-refractivity contribution in [3.63, 3.8) is 0 Å². The molecule has 2 nitrogen and oxygen atoms in total. The first kappa shape index (κ1) is 14.8. The number of aryl methyl sites for hydroxylation is 2. The second kappa shape index (κ2) is 6.23. The second-order valence-electron chi connectivity index (χ2n) is 4.98. The molecule has 0 spiro atoms. The molecule has 0 aliphatic heterocycles. The maximum atomic E-state index is 11.6. The monoisotopic (exact) mass is 332 g/mol. The van der Waals surface area contributed by atoms with E-state index in [-0.39, 0.29) is 5.78 Å². The minimum absolute atomic E-state index is 0.00734. The van der Waals surface area contributed by atoms with Gasteiger partial charge in [0.15, 0.2) is 5.78 Å². The number of ether oxygens (including phenoxy) is 1. The molecule has 2 aromatic carbocycles. The van der Waals surface area contributed by atoms with Gasteiger partial charge in [0.2, 0.25) is 0 Å². The molecule has 0 N–H and O–H groups in total. The summed E-state index contributed by atoms with van der Waals surface area (Å²) >= 11 is 3.40. The summed E-state index contributed by atoms with van der Waals surface area (Å²) in [5, 5.41) is 0. The van der Waals surface area contributed by atoms with Crippen molar-refractivity contribution in [3.05, 3.63) is 63.1 Å². The molecule has 0 saturated carbocycles. The van der Waals surface area contributed by atoms with Crippen LogP contribution in [0.5, 0.6) is 5.75 Å². The Bertz CT molecular complexity index is 627. The molecule has 0 heterocycles. The molecule has 104 valence electrons. The minimum atomic E-state index is 0.00734. The van der Waals surface area contributed by atoms with Crippen LogP contribution < -0.4 is 4.74 Å². The van der Waals surface area contributed by atoms with Crippen molar-refractivity contribution in [1.82, 2.24) is 0 Å². The Morgan fingerprint density at radius 1 is 1.10 bits per heavy atom. The highest BCUT2D eigenvalue weighted by atomic mass is 79.9. The number of halogens is 1. The summed E-state index contributed by atoms with van der Waals surface area (Å²) in [6, 6.07) is 11.8. The normalized spacial score (nSPS) is 10.4. The molecule has 0 aliphatic carbocycles. The Balaban J connectivity index is 2.22. The van der Waals surface area contributed by atoms with E-state index in [1.54, 1.807) is 13.0 Å². The van der Waals surface area contributed by atoms with Crippen LogP contribution in [0, 0.1) is 13.8 Å². The summed E-state index contributed by atoms with van der Waals surface area (Å²) in [5.41, 5.74) is 4.14. The lowest BCUT2D eigenvalue weighted by Gasteiger charge is -2.11. The van der Waals surface area contributed by atoms with E-state index in [1.165, 1.54) is 11.1 Å². The lowest BCUT2D eigenvalue weighted by molar-refractivity contribution is 0.101. The quantitative estimate of drug-likeness (QED) is 0.748. The fourth-order valence-corrected chi connectivity index (χ4v) is 2.56. The van der Waals surface area contributed by atoms with Gasteiger partial charge in [0.05, 0.1) is 5.56 Å². The van der Waals surface area contributed by atoms with Crippen LogP contribution in [0.25, 0.3) is 0 Å². The van der Waals surface area contributed by atoms with E-state index >= 15 is 0 Å². The number of hydrogen-bond donors (Lipinski definition) is 0. The minimum Gasteiger partial charge on any atom is -0.488 e. The first-order chi connectivity index (χ1) is 9.45. The topological polar surface area (TPSA) is 26.3 Å². The average Bonchev–Trinajstić information content (AvgIpc) is 2.35. The fraction of sp³-hybridized carbons (Fsp3) is 0.235. The van der Waals surface area contributed by atoms with E-state index in [0.29, 0.717) is 17.9 Å². The van der Waals surface area contributed by atoms with Crippen molar-refractivity contribution in [2.75, 3.05) is 0 Å². The molecule has 20 heavy (non-hydrogen) atoms. The van der Waals surface area contributed by atoms with Crippen LogP contribution in [0.3, 0.4) is 0 Å². The Morgan fingerprint density at radius 3 is 2.35 bits per heavy atom. The molecule has 0 saturated heterocycles. The molecule has 0 bridgehead atoms. The van der Waals surface area contributed by atoms with E-state index < -0.39 is 0 Å². The van der Waals surface area contributed by atoms with Crippen LogP contribution in [0.15, 0.2) is 40.9 Å². The van der Waals surface area contributed by atoms with Gasteiger partial charge < -0.3 is 4.74 Å². The van der Waals surface area contributed by atoms with Crippen LogP contribution in [-0.2, 0) is 6.61 Å². The number of carbonyl (C=O) groups excluding carboxylic acids is 1. The van der Waals surface area contributed by atoms with Gasteiger partial charge in [-0.15, -0.1) is 0 Å². The Morgan fingerprint density at radius 2 is 1.75 bits per heavy atom. The number of carbonyl (C=O) groups is 1. The highest BCUT2D eigenvalue weighted by molar-refractivity contribution is 9.10. The van der Waals surface area contributed by atoms with E-state index in [4.69, 9.17) is 4.74 Å². The third-order valence-corrected chi connectivity index (χ3v) is 3.49. The highest BCUT2D eigenvalue weighted by Crippen LogP contribution is 2.25. The zero-order valence-electron chi connectivity index (χ0n) is 11.9. The van der Waals surface area contributed by atoms with Crippen LogP contribution in [0.1, 0.15) is 34.0 Å². The maximum absolute atomic E-state index is 11.6. The molecule has 0 fully saturated rings. The zero-order chi connectivity index (χ0) is 14.7. The first-order valence-electron chi connectivity index (χ1n) is 6.46. The van der Waals surface area contributed by atoms with E-state index in [0.717, 1.165) is 10.0 Å². The summed E-state index contributed by atoms with van der Waals surface area (Å²) in [6.07, 6.45) is 0. The molecule has 0 amide bonds. The average molecular weight is 333 g/mol. The highest BCUT2D eigenvalue weighted by Gasteiger charge is 2.09. The van der Waals surface area contributed by atoms with Gasteiger partial charge in [0.25, 0.3) is 0 Å². The van der Waals surface area contributed by atoms with Crippen LogP contribution in [0.2, 0.25) is 0 Å². The molecule has 0 aliphatic rings. The van der Waals surface area contributed by atoms with Crippen molar-refractivity contribution in [2.24, 2.45) is 0 Å². The van der Waals surface area contributed by atoms with Gasteiger partial charge >= 0.3 is 0 Å². The summed E-state index contributed by atoms with van der Waals surface area (Å²) in [7, 11) is 0. The Hall–Kier alpha value is -1.61.